The smallest absolute Gasteiger partial charge is 0.253 e. The van der Waals surface area contributed by atoms with Gasteiger partial charge in [0.2, 0.25) is 0 Å². The summed E-state index contributed by atoms with van der Waals surface area (Å²) in [5.41, 5.74) is 1.15. The number of carbonyl (C=O) groups is 2. The van der Waals surface area contributed by atoms with E-state index in [9.17, 15) is 9.59 Å². The van der Waals surface area contributed by atoms with Gasteiger partial charge in [-0.3, -0.25) is 9.59 Å². The first-order valence-electron chi connectivity index (χ1n) is 7.90. The molecule has 2 aromatic rings. The number of likely N-dealkylation sites (tertiary alicyclic amines) is 1. The first-order valence-corrected chi connectivity index (χ1v) is 8.65. The number of ketones is 1. The standard InChI is InChI=1S/C19H17Cl2NO2/c20-15-6-7-17(21)16(12-15)18(23)13-8-10-22(11-9-13)19(24)14-4-2-1-3-5-14/h1-7,12-13H,8-11H2. The van der Waals surface area contributed by atoms with Crippen molar-refractivity contribution in [1.29, 1.82) is 0 Å². The summed E-state index contributed by atoms with van der Waals surface area (Å²) >= 11 is 12.1. The SMILES string of the molecule is O=C(c1cc(Cl)ccc1Cl)C1CCN(C(=O)c2ccccc2)CC1. The molecule has 1 aliphatic heterocycles. The van der Waals surface area contributed by atoms with Gasteiger partial charge in [-0.1, -0.05) is 41.4 Å². The summed E-state index contributed by atoms with van der Waals surface area (Å²) in [5.74, 6) is -0.0996. The number of rotatable bonds is 3. The summed E-state index contributed by atoms with van der Waals surface area (Å²) in [5, 5.41) is 0.923. The van der Waals surface area contributed by atoms with E-state index in [0.29, 0.717) is 47.1 Å². The van der Waals surface area contributed by atoms with Crippen LogP contribution < -0.4 is 0 Å². The predicted octanol–water partition coefficient (Wildman–Crippen LogP) is 4.73. The van der Waals surface area contributed by atoms with Gasteiger partial charge >= 0.3 is 0 Å². The van der Waals surface area contributed by atoms with Crippen LogP contribution in [0.3, 0.4) is 0 Å². The highest BCUT2D eigenvalue weighted by molar-refractivity contribution is 6.36. The monoisotopic (exact) mass is 361 g/mol. The van der Waals surface area contributed by atoms with Gasteiger partial charge in [0.15, 0.2) is 5.78 Å². The van der Waals surface area contributed by atoms with Gasteiger partial charge in [0.25, 0.3) is 5.91 Å². The van der Waals surface area contributed by atoms with Gasteiger partial charge in [-0.05, 0) is 43.2 Å². The van der Waals surface area contributed by atoms with Gasteiger partial charge in [-0.15, -0.1) is 0 Å². The Hall–Kier alpha value is -1.84. The van der Waals surface area contributed by atoms with Crippen LogP contribution in [0.4, 0.5) is 0 Å². The highest BCUT2D eigenvalue weighted by atomic mass is 35.5. The van der Waals surface area contributed by atoms with Crippen molar-refractivity contribution in [3.8, 4) is 0 Å². The number of Topliss-reactive ketones (excluding diaryl/α,β-unsaturated/α-hetero) is 1. The average molecular weight is 362 g/mol. The summed E-state index contributed by atoms with van der Waals surface area (Å²) in [6.45, 7) is 1.14. The first kappa shape index (κ1) is 17.0. The maximum absolute atomic E-state index is 12.7. The number of hydrogen-bond donors (Lipinski definition) is 0. The third-order valence-corrected chi connectivity index (χ3v) is 4.93. The van der Waals surface area contributed by atoms with Crippen molar-refractivity contribution in [2.24, 2.45) is 5.92 Å². The van der Waals surface area contributed by atoms with Crippen LogP contribution in [-0.4, -0.2) is 29.7 Å². The molecule has 3 nitrogen and oxygen atoms in total. The molecule has 2 aromatic carbocycles. The lowest BCUT2D eigenvalue weighted by atomic mass is 9.88. The molecule has 0 bridgehead atoms. The van der Waals surface area contributed by atoms with Crippen molar-refractivity contribution in [1.82, 2.24) is 4.90 Å². The Morgan fingerprint density at radius 3 is 2.29 bits per heavy atom. The van der Waals surface area contributed by atoms with Crippen LogP contribution in [0.1, 0.15) is 33.6 Å². The molecule has 124 valence electrons. The normalized spacial score (nSPS) is 15.3. The molecular weight excluding hydrogens is 345 g/mol. The summed E-state index contributed by atoms with van der Waals surface area (Å²) < 4.78 is 0. The zero-order chi connectivity index (χ0) is 17.1. The number of amides is 1. The van der Waals surface area contributed by atoms with Gasteiger partial charge < -0.3 is 4.90 Å². The van der Waals surface area contributed by atoms with Crippen LogP contribution in [0.25, 0.3) is 0 Å². The lowest BCUT2D eigenvalue weighted by molar-refractivity contribution is 0.0650. The van der Waals surface area contributed by atoms with E-state index in [1.54, 1.807) is 23.1 Å². The number of piperidine rings is 1. The van der Waals surface area contributed by atoms with Crippen molar-refractivity contribution in [3.05, 3.63) is 69.7 Å². The number of carbonyl (C=O) groups excluding carboxylic acids is 2. The molecule has 1 saturated heterocycles. The molecule has 0 radical (unpaired) electrons. The molecule has 0 N–H and O–H groups in total. The maximum atomic E-state index is 12.7. The topological polar surface area (TPSA) is 37.4 Å². The van der Waals surface area contributed by atoms with Crippen molar-refractivity contribution in [2.75, 3.05) is 13.1 Å². The molecule has 0 saturated carbocycles. The van der Waals surface area contributed by atoms with Gasteiger partial charge in [-0.25, -0.2) is 0 Å². The zero-order valence-electron chi connectivity index (χ0n) is 13.0. The van der Waals surface area contributed by atoms with Gasteiger partial charge in [0.05, 0.1) is 5.02 Å². The molecule has 5 heteroatoms. The van der Waals surface area contributed by atoms with E-state index in [-0.39, 0.29) is 17.6 Å². The van der Waals surface area contributed by atoms with Crippen molar-refractivity contribution in [2.45, 2.75) is 12.8 Å². The third-order valence-electron chi connectivity index (χ3n) is 4.37. The third kappa shape index (κ3) is 3.63. The Kier molecular flexibility index (Phi) is 5.22. The highest BCUT2D eigenvalue weighted by Gasteiger charge is 2.29. The van der Waals surface area contributed by atoms with Crippen LogP contribution in [-0.2, 0) is 0 Å². The highest BCUT2D eigenvalue weighted by Crippen LogP contribution is 2.28. The zero-order valence-corrected chi connectivity index (χ0v) is 14.6. The molecule has 1 heterocycles. The van der Waals surface area contributed by atoms with Gasteiger partial charge in [-0.2, -0.15) is 0 Å². The van der Waals surface area contributed by atoms with E-state index >= 15 is 0 Å². The molecule has 0 unspecified atom stereocenters. The van der Waals surface area contributed by atoms with E-state index < -0.39 is 0 Å². The quantitative estimate of drug-likeness (QED) is 0.741. The number of benzene rings is 2. The number of nitrogens with zero attached hydrogens (tertiary/aromatic N) is 1. The minimum absolute atomic E-state index is 0.00862. The predicted molar refractivity (Wildman–Crippen MR) is 95.9 cm³/mol. The molecule has 1 fully saturated rings. The fourth-order valence-electron chi connectivity index (χ4n) is 3.01. The second kappa shape index (κ2) is 7.37. The molecule has 1 amide bonds. The number of hydrogen-bond acceptors (Lipinski definition) is 2. The Bertz CT molecular complexity index is 753. The summed E-state index contributed by atoms with van der Waals surface area (Å²) in [7, 11) is 0. The molecule has 0 aromatic heterocycles. The molecule has 3 rings (SSSR count). The van der Waals surface area contributed by atoms with Crippen LogP contribution in [0.2, 0.25) is 10.0 Å². The maximum Gasteiger partial charge on any atom is 0.253 e. The van der Waals surface area contributed by atoms with Crippen molar-refractivity contribution < 1.29 is 9.59 Å². The fraction of sp³-hybridized carbons (Fsp3) is 0.263. The Balaban J connectivity index is 1.66. The minimum Gasteiger partial charge on any atom is -0.339 e. The average Bonchev–Trinajstić information content (AvgIpc) is 2.63. The second-order valence-corrected chi connectivity index (χ2v) is 6.76. The van der Waals surface area contributed by atoms with E-state index in [4.69, 9.17) is 23.2 Å². The lowest BCUT2D eigenvalue weighted by Crippen LogP contribution is -2.40. The van der Waals surface area contributed by atoms with E-state index in [1.165, 1.54) is 0 Å². The fourth-order valence-corrected chi connectivity index (χ4v) is 3.40. The molecule has 0 aliphatic carbocycles. The van der Waals surface area contributed by atoms with Gasteiger partial charge in [0, 0.05) is 35.2 Å². The molecule has 0 atom stereocenters. The van der Waals surface area contributed by atoms with Crippen molar-refractivity contribution in [3.63, 3.8) is 0 Å². The largest absolute Gasteiger partial charge is 0.339 e. The summed E-state index contributed by atoms with van der Waals surface area (Å²) in [6, 6.07) is 14.1. The minimum atomic E-state index is -0.124. The Morgan fingerprint density at radius 2 is 1.62 bits per heavy atom. The number of halogens is 2. The molecule has 0 spiro atoms. The Labute approximate surface area is 151 Å². The van der Waals surface area contributed by atoms with E-state index in [1.807, 2.05) is 30.3 Å². The molecule has 24 heavy (non-hydrogen) atoms. The Morgan fingerprint density at radius 1 is 0.958 bits per heavy atom. The van der Waals surface area contributed by atoms with E-state index in [0.717, 1.165) is 0 Å². The molecular formula is C19H17Cl2NO2. The summed E-state index contributed by atoms with van der Waals surface area (Å²) in [4.78, 5) is 26.9. The van der Waals surface area contributed by atoms with Crippen LogP contribution in [0, 0.1) is 5.92 Å². The van der Waals surface area contributed by atoms with E-state index in [2.05, 4.69) is 0 Å². The van der Waals surface area contributed by atoms with Crippen molar-refractivity contribution >= 4 is 34.9 Å². The van der Waals surface area contributed by atoms with Gasteiger partial charge in [0.1, 0.15) is 0 Å². The lowest BCUT2D eigenvalue weighted by Gasteiger charge is -2.31. The van der Waals surface area contributed by atoms with Crippen LogP contribution >= 0.6 is 23.2 Å². The molecule has 1 aliphatic rings. The summed E-state index contributed by atoms with van der Waals surface area (Å²) in [6.07, 6.45) is 1.28. The van der Waals surface area contributed by atoms with Crippen LogP contribution in [0.5, 0.6) is 0 Å². The second-order valence-electron chi connectivity index (χ2n) is 5.92. The van der Waals surface area contributed by atoms with Crippen LogP contribution in [0.15, 0.2) is 48.5 Å². The first-order chi connectivity index (χ1) is 11.6.